The molecule has 1 N–H and O–H groups in total. The van der Waals surface area contributed by atoms with Crippen molar-refractivity contribution < 1.29 is 9.53 Å². The zero-order chi connectivity index (χ0) is 10.8. The summed E-state index contributed by atoms with van der Waals surface area (Å²) in [7, 11) is 3.48. The molecule has 0 unspecified atom stereocenters. The SMILES string of the molecule is CCCCN(C)C(=O)NCCCOC. The van der Waals surface area contributed by atoms with Crippen LogP contribution in [-0.2, 0) is 4.74 Å². The van der Waals surface area contributed by atoms with Gasteiger partial charge < -0.3 is 15.0 Å². The van der Waals surface area contributed by atoms with E-state index in [-0.39, 0.29) is 6.03 Å². The number of carbonyl (C=O) groups is 1. The molecule has 0 aromatic carbocycles. The van der Waals surface area contributed by atoms with Gasteiger partial charge >= 0.3 is 6.03 Å². The summed E-state index contributed by atoms with van der Waals surface area (Å²) in [5.41, 5.74) is 0. The van der Waals surface area contributed by atoms with Crippen LogP contribution < -0.4 is 5.32 Å². The summed E-state index contributed by atoms with van der Waals surface area (Å²) < 4.78 is 4.88. The van der Waals surface area contributed by atoms with Crippen LogP contribution in [0.1, 0.15) is 26.2 Å². The first-order chi connectivity index (χ1) is 6.72. The van der Waals surface area contributed by atoms with Gasteiger partial charge in [0.15, 0.2) is 0 Å². The highest BCUT2D eigenvalue weighted by Crippen LogP contribution is 1.92. The van der Waals surface area contributed by atoms with E-state index >= 15 is 0 Å². The van der Waals surface area contributed by atoms with Gasteiger partial charge in [-0.3, -0.25) is 0 Å². The summed E-state index contributed by atoms with van der Waals surface area (Å²) in [4.78, 5) is 13.1. The third-order valence-corrected chi connectivity index (χ3v) is 2.00. The molecule has 0 aromatic heterocycles. The number of amides is 2. The van der Waals surface area contributed by atoms with Crippen LogP contribution in [-0.4, -0.2) is 44.8 Å². The van der Waals surface area contributed by atoms with E-state index in [9.17, 15) is 4.79 Å². The number of hydrogen-bond donors (Lipinski definition) is 1. The Morgan fingerprint density at radius 1 is 1.43 bits per heavy atom. The number of hydrogen-bond acceptors (Lipinski definition) is 2. The van der Waals surface area contributed by atoms with Crippen LogP contribution in [0.3, 0.4) is 0 Å². The minimum Gasteiger partial charge on any atom is -0.385 e. The lowest BCUT2D eigenvalue weighted by atomic mass is 10.3. The van der Waals surface area contributed by atoms with Gasteiger partial charge in [0.1, 0.15) is 0 Å². The Bertz CT molecular complexity index is 151. The van der Waals surface area contributed by atoms with Gasteiger partial charge in [-0.2, -0.15) is 0 Å². The number of ether oxygens (including phenoxy) is 1. The molecule has 0 heterocycles. The molecular formula is C10H22N2O2. The number of rotatable bonds is 7. The van der Waals surface area contributed by atoms with Gasteiger partial charge in [-0.05, 0) is 12.8 Å². The van der Waals surface area contributed by atoms with Crippen molar-refractivity contribution in [2.45, 2.75) is 26.2 Å². The predicted molar refractivity (Wildman–Crippen MR) is 57.4 cm³/mol. The van der Waals surface area contributed by atoms with Gasteiger partial charge in [-0.1, -0.05) is 13.3 Å². The molecule has 0 aliphatic rings. The molecule has 0 aliphatic heterocycles. The topological polar surface area (TPSA) is 41.6 Å². The highest BCUT2D eigenvalue weighted by Gasteiger charge is 2.05. The van der Waals surface area contributed by atoms with E-state index in [1.54, 1.807) is 12.0 Å². The first-order valence-electron chi connectivity index (χ1n) is 5.20. The minimum atomic E-state index is 0.00885. The second-order valence-corrected chi connectivity index (χ2v) is 3.35. The van der Waals surface area contributed by atoms with Crippen LogP contribution >= 0.6 is 0 Å². The molecular weight excluding hydrogens is 180 g/mol. The molecule has 14 heavy (non-hydrogen) atoms. The second kappa shape index (κ2) is 8.81. The summed E-state index contributed by atoms with van der Waals surface area (Å²) in [6.45, 7) is 4.32. The Morgan fingerprint density at radius 3 is 2.71 bits per heavy atom. The molecule has 2 amide bonds. The Kier molecular flexibility index (Phi) is 8.33. The Hall–Kier alpha value is -0.770. The Morgan fingerprint density at radius 2 is 2.14 bits per heavy atom. The zero-order valence-corrected chi connectivity index (χ0v) is 9.51. The minimum absolute atomic E-state index is 0.00885. The molecule has 0 saturated carbocycles. The molecule has 0 spiro atoms. The molecule has 0 bridgehead atoms. The maximum atomic E-state index is 11.4. The van der Waals surface area contributed by atoms with Crippen LogP contribution in [0.5, 0.6) is 0 Å². The highest BCUT2D eigenvalue weighted by molar-refractivity contribution is 5.73. The first kappa shape index (κ1) is 13.2. The van der Waals surface area contributed by atoms with E-state index in [0.717, 1.165) is 25.8 Å². The summed E-state index contributed by atoms with van der Waals surface area (Å²) in [5.74, 6) is 0. The van der Waals surface area contributed by atoms with Gasteiger partial charge in [-0.25, -0.2) is 4.79 Å². The maximum absolute atomic E-state index is 11.4. The number of methoxy groups -OCH3 is 1. The average Bonchev–Trinajstić information content (AvgIpc) is 2.20. The molecule has 0 aliphatic carbocycles. The second-order valence-electron chi connectivity index (χ2n) is 3.35. The van der Waals surface area contributed by atoms with E-state index < -0.39 is 0 Å². The van der Waals surface area contributed by atoms with E-state index in [0.29, 0.717) is 13.2 Å². The largest absolute Gasteiger partial charge is 0.385 e. The van der Waals surface area contributed by atoms with Crippen molar-refractivity contribution in [1.29, 1.82) is 0 Å². The summed E-state index contributed by atoms with van der Waals surface area (Å²) in [5, 5.41) is 2.83. The predicted octanol–water partition coefficient (Wildman–Crippen LogP) is 1.46. The lowest BCUT2D eigenvalue weighted by Crippen LogP contribution is -2.38. The van der Waals surface area contributed by atoms with Crippen LogP contribution in [0.15, 0.2) is 0 Å². The number of nitrogens with one attached hydrogen (secondary N) is 1. The quantitative estimate of drug-likeness (QED) is 0.635. The standard InChI is InChI=1S/C10H22N2O2/c1-4-5-8-12(2)10(13)11-7-6-9-14-3/h4-9H2,1-3H3,(H,11,13). The van der Waals surface area contributed by atoms with Crippen molar-refractivity contribution in [3.8, 4) is 0 Å². The molecule has 0 rings (SSSR count). The smallest absolute Gasteiger partial charge is 0.317 e. The fourth-order valence-electron chi connectivity index (χ4n) is 1.04. The monoisotopic (exact) mass is 202 g/mol. The molecule has 0 radical (unpaired) electrons. The number of unbranched alkanes of at least 4 members (excludes halogenated alkanes) is 1. The van der Waals surface area contributed by atoms with E-state index in [2.05, 4.69) is 12.2 Å². The van der Waals surface area contributed by atoms with Crippen molar-refractivity contribution in [1.82, 2.24) is 10.2 Å². The third-order valence-electron chi connectivity index (χ3n) is 2.00. The lowest BCUT2D eigenvalue weighted by Gasteiger charge is -2.17. The zero-order valence-electron chi connectivity index (χ0n) is 9.51. The van der Waals surface area contributed by atoms with Crippen molar-refractivity contribution >= 4 is 6.03 Å². The van der Waals surface area contributed by atoms with Crippen molar-refractivity contribution in [3.05, 3.63) is 0 Å². The average molecular weight is 202 g/mol. The third kappa shape index (κ3) is 6.71. The van der Waals surface area contributed by atoms with Gasteiger partial charge in [0.05, 0.1) is 0 Å². The summed E-state index contributed by atoms with van der Waals surface area (Å²) in [6.07, 6.45) is 3.03. The number of urea groups is 1. The molecule has 0 atom stereocenters. The van der Waals surface area contributed by atoms with Gasteiger partial charge in [0, 0.05) is 33.9 Å². The maximum Gasteiger partial charge on any atom is 0.317 e. The van der Waals surface area contributed by atoms with Gasteiger partial charge in [-0.15, -0.1) is 0 Å². The van der Waals surface area contributed by atoms with Gasteiger partial charge in [0.25, 0.3) is 0 Å². The summed E-state index contributed by atoms with van der Waals surface area (Å²) >= 11 is 0. The normalized spacial score (nSPS) is 9.93. The van der Waals surface area contributed by atoms with E-state index in [4.69, 9.17) is 4.74 Å². The van der Waals surface area contributed by atoms with Crippen LogP contribution in [0.2, 0.25) is 0 Å². The molecule has 0 saturated heterocycles. The highest BCUT2D eigenvalue weighted by atomic mass is 16.5. The Labute approximate surface area is 86.6 Å². The lowest BCUT2D eigenvalue weighted by molar-refractivity contribution is 0.188. The van der Waals surface area contributed by atoms with Crippen molar-refractivity contribution in [3.63, 3.8) is 0 Å². The molecule has 84 valence electrons. The molecule has 4 nitrogen and oxygen atoms in total. The summed E-state index contributed by atoms with van der Waals surface area (Å²) in [6, 6.07) is 0.00885. The number of carbonyl (C=O) groups excluding carboxylic acids is 1. The first-order valence-corrected chi connectivity index (χ1v) is 5.20. The Balaban J connectivity index is 3.42. The van der Waals surface area contributed by atoms with Crippen LogP contribution in [0.4, 0.5) is 4.79 Å². The van der Waals surface area contributed by atoms with E-state index in [1.165, 1.54) is 0 Å². The van der Waals surface area contributed by atoms with Crippen LogP contribution in [0, 0.1) is 0 Å². The van der Waals surface area contributed by atoms with E-state index in [1.807, 2.05) is 7.05 Å². The number of nitrogens with zero attached hydrogens (tertiary/aromatic N) is 1. The molecule has 0 aromatic rings. The fraction of sp³-hybridized carbons (Fsp3) is 0.900. The fourth-order valence-corrected chi connectivity index (χ4v) is 1.04. The van der Waals surface area contributed by atoms with Crippen molar-refractivity contribution in [2.24, 2.45) is 0 Å². The van der Waals surface area contributed by atoms with Crippen LogP contribution in [0.25, 0.3) is 0 Å². The molecule has 4 heteroatoms. The molecule has 0 fully saturated rings. The van der Waals surface area contributed by atoms with Crippen molar-refractivity contribution in [2.75, 3.05) is 33.9 Å². The van der Waals surface area contributed by atoms with Gasteiger partial charge in [0.2, 0.25) is 0 Å².